The summed E-state index contributed by atoms with van der Waals surface area (Å²) >= 11 is 1.23. The number of hydrogen-bond acceptors (Lipinski definition) is 4. The number of thiazole rings is 1. The van der Waals surface area contributed by atoms with Gasteiger partial charge in [0.15, 0.2) is 5.13 Å². The first-order valence-electron chi connectivity index (χ1n) is 5.59. The summed E-state index contributed by atoms with van der Waals surface area (Å²) in [5.41, 5.74) is 0.604. The Labute approximate surface area is 98.7 Å². The molecule has 1 saturated carbocycles. The molecule has 0 aromatic carbocycles. The first-order valence-corrected chi connectivity index (χ1v) is 6.40. The van der Waals surface area contributed by atoms with Crippen LogP contribution in [0.5, 0.6) is 0 Å². The van der Waals surface area contributed by atoms with Crippen molar-refractivity contribution in [2.24, 2.45) is 5.92 Å². The minimum atomic E-state index is -0.885. The summed E-state index contributed by atoms with van der Waals surface area (Å²) in [6.45, 7) is 3.92. The first-order chi connectivity index (χ1) is 7.61. The molecule has 1 heterocycles. The fourth-order valence-electron chi connectivity index (χ4n) is 1.93. The van der Waals surface area contributed by atoms with Crippen LogP contribution in [0.3, 0.4) is 0 Å². The molecule has 2 rings (SSSR count). The average molecular weight is 240 g/mol. The zero-order valence-electron chi connectivity index (χ0n) is 9.49. The maximum Gasteiger partial charge on any atom is 0.347 e. The molecule has 1 aliphatic carbocycles. The molecule has 2 atom stereocenters. The van der Waals surface area contributed by atoms with Crippen LogP contribution in [-0.2, 0) is 0 Å². The number of anilines is 1. The summed E-state index contributed by atoms with van der Waals surface area (Å²) in [5.74, 6) is -0.133. The summed E-state index contributed by atoms with van der Waals surface area (Å²) in [4.78, 5) is 15.4. The summed E-state index contributed by atoms with van der Waals surface area (Å²) in [7, 11) is 0. The van der Waals surface area contributed by atoms with Crippen molar-refractivity contribution in [3.63, 3.8) is 0 Å². The highest BCUT2D eigenvalue weighted by Crippen LogP contribution is 2.38. The van der Waals surface area contributed by atoms with Gasteiger partial charge in [-0.1, -0.05) is 24.7 Å². The second-order valence-electron chi connectivity index (χ2n) is 4.27. The van der Waals surface area contributed by atoms with Gasteiger partial charge in [-0.15, -0.1) is 0 Å². The summed E-state index contributed by atoms with van der Waals surface area (Å²) in [6.07, 6.45) is 3.64. The van der Waals surface area contributed by atoms with Crippen molar-refractivity contribution in [1.29, 1.82) is 0 Å². The number of rotatable bonds is 5. The molecule has 0 spiro atoms. The van der Waals surface area contributed by atoms with Crippen molar-refractivity contribution in [2.45, 2.75) is 39.2 Å². The lowest BCUT2D eigenvalue weighted by Crippen LogP contribution is -2.03. The van der Waals surface area contributed by atoms with Crippen LogP contribution in [0.1, 0.15) is 41.6 Å². The minimum absolute atomic E-state index is 0.343. The molecule has 16 heavy (non-hydrogen) atoms. The second kappa shape index (κ2) is 4.41. The topological polar surface area (TPSA) is 62.2 Å². The van der Waals surface area contributed by atoms with Gasteiger partial charge in [-0.2, -0.15) is 0 Å². The quantitative estimate of drug-likeness (QED) is 0.830. The van der Waals surface area contributed by atoms with Crippen LogP contribution >= 0.6 is 11.3 Å². The van der Waals surface area contributed by atoms with E-state index >= 15 is 0 Å². The molecule has 4 nitrogen and oxygen atoms in total. The van der Waals surface area contributed by atoms with E-state index in [2.05, 4.69) is 17.2 Å². The predicted molar refractivity (Wildman–Crippen MR) is 64.2 cm³/mol. The van der Waals surface area contributed by atoms with E-state index in [1.807, 2.05) is 0 Å². The van der Waals surface area contributed by atoms with Gasteiger partial charge in [0.1, 0.15) is 4.88 Å². The molecule has 2 N–H and O–H groups in total. The van der Waals surface area contributed by atoms with Crippen LogP contribution in [0.2, 0.25) is 0 Å². The Kier molecular flexibility index (Phi) is 3.14. The maximum absolute atomic E-state index is 10.8. The fraction of sp³-hybridized carbons (Fsp3) is 0.636. The predicted octanol–water partition coefficient (Wildman–Crippen LogP) is 2.75. The molecule has 1 aromatic rings. The number of aromatic nitrogens is 1. The van der Waals surface area contributed by atoms with E-state index in [0.717, 1.165) is 11.0 Å². The number of carbonyl (C=O) groups is 1. The largest absolute Gasteiger partial charge is 0.477 e. The molecule has 0 aliphatic heterocycles. The van der Waals surface area contributed by atoms with Crippen molar-refractivity contribution in [2.75, 3.05) is 5.32 Å². The number of aromatic carboxylic acids is 1. The number of nitrogens with one attached hydrogen (secondary N) is 1. The first kappa shape index (κ1) is 11.4. The average Bonchev–Trinajstić information content (AvgIpc) is 2.80. The highest BCUT2D eigenvalue weighted by Gasteiger charge is 2.36. The van der Waals surface area contributed by atoms with Crippen molar-refractivity contribution < 1.29 is 9.90 Å². The van der Waals surface area contributed by atoms with E-state index < -0.39 is 5.97 Å². The summed E-state index contributed by atoms with van der Waals surface area (Å²) in [6, 6.07) is 0.507. The van der Waals surface area contributed by atoms with Gasteiger partial charge in [0.05, 0.1) is 5.69 Å². The monoisotopic (exact) mass is 240 g/mol. The molecule has 5 heteroatoms. The summed E-state index contributed by atoms with van der Waals surface area (Å²) < 4.78 is 0. The van der Waals surface area contributed by atoms with E-state index in [-0.39, 0.29) is 0 Å². The highest BCUT2D eigenvalue weighted by molar-refractivity contribution is 7.17. The lowest BCUT2D eigenvalue weighted by molar-refractivity contribution is 0.0701. The highest BCUT2D eigenvalue weighted by atomic mass is 32.1. The van der Waals surface area contributed by atoms with Gasteiger partial charge >= 0.3 is 5.97 Å². The van der Waals surface area contributed by atoms with Gasteiger partial charge in [0, 0.05) is 6.04 Å². The second-order valence-corrected chi connectivity index (χ2v) is 5.27. The number of hydrogen-bond donors (Lipinski definition) is 2. The van der Waals surface area contributed by atoms with E-state index in [1.165, 1.54) is 30.6 Å². The van der Waals surface area contributed by atoms with E-state index in [9.17, 15) is 4.79 Å². The van der Waals surface area contributed by atoms with Gasteiger partial charge in [-0.25, -0.2) is 9.78 Å². The molecule has 2 unspecified atom stereocenters. The van der Waals surface area contributed by atoms with E-state index in [1.54, 1.807) is 6.92 Å². The zero-order valence-corrected chi connectivity index (χ0v) is 10.3. The standard InChI is InChI=1S/C11H16N2O2S/c1-3-4-7-5-8(7)13-11-12-6(2)9(16-11)10(14)15/h7-8H,3-5H2,1-2H3,(H,12,13)(H,14,15). The van der Waals surface area contributed by atoms with Crippen LogP contribution in [-0.4, -0.2) is 22.1 Å². The Morgan fingerprint density at radius 1 is 1.69 bits per heavy atom. The molecular weight excluding hydrogens is 224 g/mol. The molecule has 1 fully saturated rings. The number of aryl methyl sites for hydroxylation is 1. The third-order valence-electron chi connectivity index (χ3n) is 2.88. The van der Waals surface area contributed by atoms with Crippen LogP contribution in [0.15, 0.2) is 0 Å². The van der Waals surface area contributed by atoms with Crippen LogP contribution in [0.25, 0.3) is 0 Å². The van der Waals surface area contributed by atoms with Gasteiger partial charge in [-0.05, 0) is 25.7 Å². The zero-order chi connectivity index (χ0) is 11.7. The molecule has 1 aromatic heterocycles. The smallest absolute Gasteiger partial charge is 0.347 e. The van der Waals surface area contributed by atoms with Crippen molar-refractivity contribution in [3.05, 3.63) is 10.6 Å². The van der Waals surface area contributed by atoms with Gasteiger partial charge in [-0.3, -0.25) is 0 Å². The molecule has 0 radical (unpaired) electrons. The van der Waals surface area contributed by atoms with Crippen molar-refractivity contribution in [3.8, 4) is 0 Å². The SMILES string of the molecule is CCCC1CC1Nc1nc(C)c(C(=O)O)s1. The van der Waals surface area contributed by atoms with Gasteiger partial charge in [0.25, 0.3) is 0 Å². The molecule has 0 amide bonds. The van der Waals surface area contributed by atoms with Crippen LogP contribution < -0.4 is 5.32 Å². The molecule has 0 bridgehead atoms. The third-order valence-corrected chi connectivity index (χ3v) is 3.96. The Balaban J connectivity index is 1.96. The van der Waals surface area contributed by atoms with Gasteiger partial charge in [0.2, 0.25) is 0 Å². The number of nitrogens with zero attached hydrogens (tertiary/aromatic N) is 1. The van der Waals surface area contributed by atoms with Crippen LogP contribution in [0, 0.1) is 12.8 Å². The van der Waals surface area contributed by atoms with Gasteiger partial charge < -0.3 is 10.4 Å². The molecule has 1 aliphatic rings. The Morgan fingerprint density at radius 3 is 3.00 bits per heavy atom. The van der Waals surface area contributed by atoms with E-state index in [4.69, 9.17) is 5.11 Å². The minimum Gasteiger partial charge on any atom is -0.477 e. The Hall–Kier alpha value is -1.10. The number of carboxylic acid groups (broad SMARTS) is 1. The number of carboxylic acids is 1. The van der Waals surface area contributed by atoms with E-state index in [0.29, 0.717) is 16.6 Å². The van der Waals surface area contributed by atoms with Crippen molar-refractivity contribution in [1.82, 2.24) is 4.98 Å². The lowest BCUT2D eigenvalue weighted by Gasteiger charge is -1.99. The third kappa shape index (κ3) is 2.35. The molecule has 0 saturated heterocycles. The molecular formula is C11H16N2O2S. The summed E-state index contributed by atoms with van der Waals surface area (Å²) in [5, 5.41) is 13.0. The van der Waals surface area contributed by atoms with Crippen LogP contribution in [0.4, 0.5) is 5.13 Å². The Bertz CT molecular complexity index is 403. The normalized spacial score (nSPS) is 23.1. The van der Waals surface area contributed by atoms with Crippen molar-refractivity contribution >= 4 is 22.4 Å². The maximum atomic E-state index is 10.8. The lowest BCUT2D eigenvalue weighted by atomic mass is 10.2. The Morgan fingerprint density at radius 2 is 2.44 bits per heavy atom. The molecule has 88 valence electrons. The fourth-order valence-corrected chi connectivity index (χ4v) is 2.80.